The zero-order valence-corrected chi connectivity index (χ0v) is 14.6. The molecule has 26 heavy (non-hydrogen) atoms. The molecule has 1 heterocycles. The molecule has 2 aromatic rings. The van der Waals surface area contributed by atoms with Gasteiger partial charge in [-0.1, -0.05) is 36.4 Å². The van der Waals surface area contributed by atoms with Crippen molar-refractivity contribution in [2.24, 2.45) is 4.99 Å². The van der Waals surface area contributed by atoms with Gasteiger partial charge in [-0.3, -0.25) is 9.79 Å². The van der Waals surface area contributed by atoms with Crippen molar-refractivity contribution >= 4 is 11.9 Å². The molecule has 0 aliphatic carbocycles. The number of nitrogens with one attached hydrogen (secondary N) is 3. The third-order valence-corrected chi connectivity index (χ3v) is 3.87. The molecule has 0 spiro atoms. The van der Waals surface area contributed by atoms with Crippen LogP contribution in [0.3, 0.4) is 0 Å². The van der Waals surface area contributed by atoms with Crippen LogP contribution >= 0.6 is 0 Å². The molecule has 0 atom stereocenters. The van der Waals surface area contributed by atoms with Gasteiger partial charge in [0, 0.05) is 20.1 Å². The van der Waals surface area contributed by atoms with Crippen LogP contribution in [0.2, 0.25) is 0 Å². The second-order valence-electron chi connectivity index (χ2n) is 5.73. The summed E-state index contributed by atoms with van der Waals surface area (Å²) in [4.78, 5) is 16.1. The van der Waals surface area contributed by atoms with E-state index in [1.165, 1.54) is 0 Å². The Morgan fingerprint density at radius 1 is 0.962 bits per heavy atom. The zero-order valence-electron chi connectivity index (χ0n) is 14.6. The monoisotopic (exact) mass is 354 g/mol. The van der Waals surface area contributed by atoms with E-state index in [4.69, 9.17) is 9.47 Å². The van der Waals surface area contributed by atoms with Crippen molar-refractivity contribution < 1.29 is 14.3 Å². The molecule has 0 saturated carbocycles. The average Bonchev–Trinajstić information content (AvgIpc) is 3.15. The molecule has 1 aliphatic rings. The zero-order chi connectivity index (χ0) is 18.2. The molecule has 1 aliphatic heterocycles. The molecule has 0 unspecified atom stereocenters. The fraction of sp³-hybridized carbons (Fsp3) is 0.263. The third kappa shape index (κ3) is 4.89. The van der Waals surface area contributed by atoms with Crippen molar-refractivity contribution in [3.63, 3.8) is 0 Å². The highest BCUT2D eigenvalue weighted by atomic mass is 16.7. The maximum Gasteiger partial charge on any atom is 0.239 e. The van der Waals surface area contributed by atoms with Gasteiger partial charge >= 0.3 is 0 Å². The highest BCUT2D eigenvalue weighted by molar-refractivity contribution is 5.86. The molecular weight excluding hydrogens is 332 g/mol. The Labute approximate surface area is 152 Å². The molecule has 136 valence electrons. The number of amides is 1. The summed E-state index contributed by atoms with van der Waals surface area (Å²) in [5.74, 6) is 1.95. The van der Waals surface area contributed by atoms with E-state index < -0.39 is 0 Å². The van der Waals surface area contributed by atoms with Crippen LogP contribution in [0, 0.1) is 0 Å². The fourth-order valence-corrected chi connectivity index (χ4v) is 2.48. The van der Waals surface area contributed by atoms with Crippen molar-refractivity contribution in [2.45, 2.75) is 13.1 Å². The van der Waals surface area contributed by atoms with Crippen LogP contribution in [-0.4, -0.2) is 32.3 Å². The number of benzene rings is 2. The van der Waals surface area contributed by atoms with Crippen molar-refractivity contribution in [1.82, 2.24) is 16.0 Å². The van der Waals surface area contributed by atoms with Gasteiger partial charge in [0.15, 0.2) is 17.5 Å². The van der Waals surface area contributed by atoms with E-state index in [1.54, 1.807) is 7.05 Å². The van der Waals surface area contributed by atoms with Gasteiger partial charge in [0.25, 0.3) is 0 Å². The minimum absolute atomic E-state index is 0.0973. The molecule has 0 saturated heterocycles. The van der Waals surface area contributed by atoms with Crippen molar-refractivity contribution in [1.29, 1.82) is 0 Å². The number of nitrogens with zero attached hydrogens (tertiary/aromatic N) is 1. The molecule has 1 amide bonds. The summed E-state index contributed by atoms with van der Waals surface area (Å²) < 4.78 is 10.7. The number of hydrogen-bond acceptors (Lipinski definition) is 4. The Morgan fingerprint density at radius 2 is 1.73 bits per heavy atom. The first-order valence-corrected chi connectivity index (χ1v) is 8.38. The smallest absolute Gasteiger partial charge is 0.239 e. The van der Waals surface area contributed by atoms with Crippen molar-refractivity contribution in [2.75, 3.05) is 20.4 Å². The molecule has 3 rings (SSSR count). The standard InChI is InChI=1S/C19H22N4O3/c1-20-19(22-11-15-7-8-16-17(9-15)26-13-25-16)23-12-18(24)21-10-14-5-3-2-4-6-14/h2-9H,10-13H2,1H3,(H,21,24)(H2,20,22,23). The van der Waals surface area contributed by atoms with Gasteiger partial charge in [-0.05, 0) is 23.3 Å². The molecule has 3 N–H and O–H groups in total. The number of fused-ring (bicyclic) bond motifs is 1. The lowest BCUT2D eigenvalue weighted by atomic mass is 10.2. The van der Waals surface area contributed by atoms with E-state index >= 15 is 0 Å². The summed E-state index contributed by atoms with van der Waals surface area (Å²) in [7, 11) is 1.66. The number of ether oxygens (including phenoxy) is 2. The lowest BCUT2D eigenvalue weighted by Gasteiger charge is -2.12. The molecule has 0 aromatic heterocycles. The summed E-state index contributed by atoms with van der Waals surface area (Å²) >= 11 is 0. The Kier molecular flexibility index (Phi) is 5.92. The van der Waals surface area contributed by atoms with Crippen molar-refractivity contribution in [3.05, 3.63) is 59.7 Å². The Balaban J connectivity index is 1.41. The van der Waals surface area contributed by atoms with E-state index in [-0.39, 0.29) is 19.2 Å². The number of carbonyl (C=O) groups is 1. The quantitative estimate of drug-likeness (QED) is 0.539. The van der Waals surface area contributed by atoms with Gasteiger partial charge in [0.05, 0.1) is 6.54 Å². The lowest BCUT2D eigenvalue weighted by molar-refractivity contribution is -0.120. The number of carbonyl (C=O) groups excluding carboxylic acids is 1. The largest absolute Gasteiger partial charge is 0.454 e. The van der Waals surface area contributed by atoms with E-state index in [9.17, 15) is 4.79 Å². The molecular formula is C19H22N4O3. The Bertz CT molecular complexity index is 778. The van der Waals surface area contributed by atoms with Gasteiger partial charge in [-0.15, -0.1) is 0 Å². The van der Waals surface area contributed by atoms with E-state index in [1.807, 2.05) is 48.5 Å². The Hall–Kier alpha value is -3.22. The fourth-order valence-electron chi connectivity index (χ4n) is 2.48. The van der Waals surface area contributed by atoms with E-state index in [0.29, 0.717) is 19.0 Å². The van der Waals surface area contributed by atoms with E-state index in [2.05, 4.69) is 20.9 Å². The van der Waals surface area contributed by atoms with Gasteiger partial charge < -0.3 is 25.4 Å². The number of hydrogen-bond donors (Lipinski definition) is 3. The van der Waals surface area contributed by atoms with Gasteiger partial charge in [-0.2, -0.15) is 0 Å². The second kappa shape index (κ2) is 8.75. The maximum atomic E-state index is 12.0. The van der Waals surface area contributed by atoms with Gasteiger partial charge in [0.1, 0.15) is 0 Å². The first-order valence-electron chi connectivity index (χ1n) is 8.38. The summed E-state index contributed by atoms with van der Waals surface area (Å²) in [5, 5.41) is 9.03. The second-order valence-corrected chi connectivity index (χ2v) is 5.73. The number of aliphatic imine (C=N–C) groups is 1. The van der Waals surface area contributed by atoms with Crippen LogP contribution in [0.15, 0.2) is 53.5 Å². The summed E-state index contributed by atoms with van der Waals surface area (Å²) in [6.07, 6.45) is 0. The first-order chi connectivity index (χ1) is 12.7. The summed E-state index contributed by atoms with van der Waals surface area (Å²) in [6.45, 7) is 1.47. The topological polar surface area (TPSA) is 84.0 Å². The SMILES string of the molecule is CN=C(NCC(=O)NCc1ccccc1)NCc1ccc2c(c1)OCO2. The van der Waals surface area contributed by atoms with Gasteiger partial charge in [0.2, 0.25) is 12.7 Å². The van der Waals surface area contributed by atoms with E-state index in [0.717, 1.165) is 22.6 Å². The molecule has 0 radical (unpaired) electrons. The van der Waals surface area contributed by atoms with Crippen LogP contribution in [0.1, 0.15) is 11.1 Å². The van der Waals surface area contributed by atoms with Crippen LogP contribution < -0.4 is 25.4 Å². The highest BCUT2D eigenvalue weighted by Crippen LogP contribution is 2.32. The predicted molar refractivity (Wildman–Crippen MR) is 99.1 cm³/mol. The van der Waals surface area contributed by atoms with Crippen LogP contribution in [0.4, 0.5) is 0 Å². The highest BCUT2D eigenvalue weighted by Gasteiger charge is 2.13. The molecule has 0 bridgehead atoms. The average molecular weight is 354 g/mol. The lowest BCUT2D eigenvalue weighted by Crippen LogP contribution is -2.42. The normalized spacial score (nSPS) is 12.6. The van der Waals surface area contributed by atoms with Crippen LogP contribution in [0.5, 0.6) is 11.5 Å². The van der Waals surface area contributed by atoms with Gasteiger partial charge in [-0.25, -0.2) is 0 Å². The number of guanidine groups is 1. The van der Waals surface area contributed by atoms with Crippen LogP contribution in [-0.2, 0) is 17.9 Å². The summed E-state index contributed by atoms with van der Waals surface area (Å²) in [6, 6.07) is 15.5. The summed E-state index contributed by atoms with van der Waals surface area (Å²) in [5.41, 5.74) is 2.09. The first kappa shape index (κ1) is 17.6. The molecule has 7 nitrogen and oxygen atoms in total. The minimum atomic E-state index is -0.0973. The third-order valence-electron chi connectivity index (χ3n) is 3.87. The molecule has 7 heteroatoms. The minimum Gasteiger partial charge on any atom is -0.454 e. The molecule has 0 fully saturated rings. The Morgan fingerprint density at radius 3 is 2.54 bits per heavy atom. The van der Waals surface area contributed by atoms with Crippen LogP contribution in [0.25, 0.3) is 0 Å². The maximum absolute atomic E-state index is 12.0. The number of rotatable bonds is 6. The predicted octanol–water partition coefficient (Wildman–Crippen LogP) is 1.40. The molecule has 2 aromatic carbocycles. The van der Waals surface area contributed by atoms with Crippen molar-refractivity contribution in [3.8, 4) is 11.5 Å².